The first-order valence-electron chi connectivity index (χ1n) is 6.51. The lowest BCUT2D eigenvalue weighted by Crippen LogP contribution is -2.25. The molecular weight excluding hydrogens is 358 g/mol. The Morgan fingerprint density at radius 1 is 1.33 bits per heavy atom. The van der Waals surface area contributed by atoms with Crippen LogP contribution in [0.1, 0.15) is 22.5 Å². The largest absolute Gasteiger partial charge is 0.467 e. The SMILES string of the molecule is O=C(NCCCOCc1ccco1)c1cccc(Br)c1Cl. The zero-order chi connectivity index (χ0) is 15.1. The Bertz CT molecular complexity index is 587. The molecule has 0 spiro atoms. The van der Waals surface area contributed by atoms with Gasteiger partial charge in [0.25, 0.3) is 5.91 Å². The molecule has 0 saturated carbocycles. The molecule has 1 aromatic heterocycles. The van der Waals surface area contributed by atoms with Crippen molar-refractivity contribution in [3.8, 4) is 0 Å². The van der Waals surface area contributed by atoms with Crippen LogP contribution in [0.3, 0.4) is 0 Å². The summed E-state index contributed by atoms with van der Waals surface area (Å²) in [4.78, 5) is 12.0. The quantitative estimate of drug-likeness (QED) is 0.747. The number of carbonyl (C=O) groups excluding carboxylic acids is 1. The van der Waals surface area contributed by atoms with Crippen LogP contribution in [0.4, 0.5) is 0 Å². The fourth-order valence-corrected chi connectivity index (χ4v) is 2.30. The maximum Gasteiger partial charge on any atom is 0.252 e. The number of amides is 1. The average molecular weight is 373 g/mol. The van der Waals surface area contributed by atoms with Gasteiger partial charge in [-0.1, -0.05) is 17.7 Å². The Hall–Kier alpha value is -1.30. The molecule has 4 nitrogen and oxygen atoms in total. The molecule has 112 valence electrons. The summed E-state index contributed by atoms with van der Waals surface area (Å²) in [7, 11) is 0. The van der Waals surface area contributed by atoms with Crippen LogP contribution in [0.2, 0.25) is 5.02 Å². The Labute approximate surface area is 136 Å². The van der Waals surface area contributed by atoms with Gasteiger partial charge in [0.15, 0.2) is 0 Å². The molecule has 0 aliphatic heterocycles. The van der Waals surface area contributed by atoms with Gasteiger partial charge >= 0.3 is 0 Å². The van der Waals surface area contributed by atoms with Crippen molar-refractivity contribution >= 4 is 33.4 Å². The number of furan rings is 1. The van der Waals surface area contributed by atoms with Crippen LogP contribution in [0.15, 0.2) is 45.5 Å². The molecular formula is C15H15BrClNO3. The number of halogens is 2. The van der Waals surface area contributed by atoms with Crippen molar-refractivity contribution < 1.29 is 13.9 Å². The monoisotopic (exact) mass is 371 g/mol. The maximum atomic E-state index is 12.0. The Morgan fingerprint density at radius 2 is 2.19 bits per heavy atom. The highest BCUT2D eigenvalue weighted by Crippen LogP contribution is 2.25. The van der Waals surface area contributed by atoms with Gasteiger partial charge in [-0.15, -0.1) is 0 Å². The van der Waals surface area contributed by atoms with Gasteiger partial charge in [-0.05, 0) is 46.6 Å². The van der Waals surface area contributed by atoms with Gasteiger partial charge in [0.2, 0.25) is 0 Å². The van der Waals surface area contributed by atoms with Crippen molar-refractivity contribution in [2.24, 2.45) is 0 Å². The number of hydrogen-bond acceptors (Lipinski definition) is 3. The van der Waals surface area contributed by atoms with E-state index in [0.29, 0.717) is 34.8 Å². The molecule has 0 unspecified atom stereocenters. The number of nitrogens with one attached hydrogen (secondary N) is 1. The molecule has 0 aliphatic rings. The molecule has 1 aromatic carbocycles. The summed E-state index contributed by atoms with van der Waals surface area (Å²) in [6, 6.07) is 8.94. The highest BCUT2D eigenvalue weighted by atomic mass is 79.9. The summed E-state index contributed by atoms with van der Waals surface area (Å²) in [5, 5.41) is 3.23. The molecule has 1 N–H and O–H groups in total. The number of rotatable bonds is 7. The van der Waals surface area contributed by atoms with Gasteiger partial charge < -0.3 is 14.5 Å². The van der Waals surface area contributed by atoms with Gasteiger partial charge in [0, 0.05) is 17.6 Å². The van der Waals surface area contributed by atoms with E-state index in [0.717, 1.165) is 12.2 Å². The summed E-state index contributed by atoms with van der Waals surface area (Å²) < 4.78 is 11.3. The molecule has 0 atom stereocenters. The number of ether oxygens (including phenoxy) is 1. The van der Waals surface area contributed by atoms with E-state index < -0.39 is 0 Å². The fourth-order valence-electron chi connectivity index (χ4n) is 1.72. The summed E-state index contributed by atoms with van der Waals surface area (Å²) in [6.45, 7) is 1.52. The lowest BCUT2D eigenvalue weighted by molar-refractivity contribution is 0.0917. The fraction of sp³-hybridized carbons (Fsp3) is 0.267. The van der Waals surface area contributed by atoms with E-state index in [1.54, 1.807) is 24.5 Å². The molecule has 0 saturated heterocycles. The minimum absolute atomic E-state index is 0.188. The lowest BCUT2D eigenvalue weighted by Gasteiger charge is -2.08. The van der Waals surface area contributed by atoms with E-state index in [4.69, 9.17) is 20.8 Å². The van der Waals surface area contributed by atoms with Gasteiger partial charge in [0.05, 0.1) is 16.8 Å². The molecule has 0 radical (unpaired) electrons. The van der Waals surface area contributed by atoms with Crippen molar-refractivity contribution in [1.82, 2.24) is 5.32 Å². The molecule has 2 aromatic rings. The van der Waals surface area contributed by atoms with Crippen molar-refractivity contribution in [3.63, 3.8) is 0 Å². The van der Waals surface area contributed by atoms with Crippen LogP contribution in [-0.2, 0) is 11.3 Å². The van der Waals surface area contributed by atoms with E-state index in [2.05, 4.69) is 21.2 Å². The summed E-state index contributed by atoms with van der Waals surface area (Å²) in [5.41, 5.74) is 0.461. The van der Waals surface area contributed by atoms with Crippen LogP contribution in [0.25, 0.3) is 0 Å². The second-order valence-corrected chi connectivity index (χ2v) is 5.58. The molecule has 1 amide bonds. The number of hydrogen-bond donors (Lipinski definition) is 1. The smallest absolute Gasteiger partial charge is 0.252 e. The van der Waals surface area contributed by atoms with Crippen molar-refractivity contribution in [3.05, 3.63) is 57.4 Å². The second-order valence-electron chi connectivity index (χ2n) is 4.34. The molecule has 1 heterocycles. The third kappa shape index (κ3) is 4.88. The van der Waals surface area contributed by atoms with E-state index in [-0.39, 0.29) is 5.91 Å². The van der Waals surface area contributed by atoms with Crippen molar-refractivity contribution in [1.29, 1.82) is 0 Å². The van der Waals surface area contributed by atoms with Gasteiger partial charge in [-0.25, -0.2) is 0 Å². The molecule has 0 bridgehead atoms. The molecule has 2 rings (SSSR count). The first kappa shape index (κ1) is 16.1. The molecule has 21 heavy (non-hydrogen) atoms. The minimum atomic E-state index is -0.188. The topological polar surface area (TPSA) is 51.5 Å². The Kier molecular flexibility index (Phi) is 6.29. The zero-order valence-electron chi connectivity index (χ0n) is 11.3. The van der Waals surface area contributed by atoms with Crippen LogP contribution in [0.5, 0.6) is 0 Å². The summed E-state index contributed by atoms with van der Waals surface area (Å²) in [6.07, 6.45) is 2.33. The van der Waals surface area contributed by atoms with Crippen molar-refractivity contribution in [2.75, 3.05) is 13.2 Å². The highest BCUT2D eigenvalue weighted by Gasteiger charge is 2.11. The third-order valence-electron chi connectivity index (χ3n) is 2.77. The number of carbonyl (C=O) groups is 1. The standard InChI is InChI=1S/C15H15BrClNO3/c16-13-6-1-5-12(14(13)17)15(19)18-7-3-8-20-10-11-4-2-9-21-11/h1-2,4-6,9H,3,7-8,10H2,(H,18,19). The van der Waals surface area contributed by atoms with Gasteiger partial charge in [-0.2, -0.15) is 0 Å². The lowest BCUT2D eigenvalue weighted by atomic mass is 10.2. The molecule has 0 aliphatic carbocycles. The van der Waals surface area contributed by atoms with E-state index in [1.807, 2.05) is 12.1 Å². The zero-order valence-corrected chi connectivity index (χ0v) is 13.6. The predicted octanol–water partition coefficient (Wildman–Crippen LogP) is 4.03. The summed E-state index contributed by atoms with van der Waals surface area (Å²) in [5.74, 6) is 0.604. The summed E-state index contributed by atoms with van der Waals surface area (Å²) >= 11 is 9.36. The van der Waals surface area contributed by atoms with Gasteiger partial charge in [0.1, 0.15) is 12.4 Å². The second kappa shape index (κ2) is 8.22. The van der Waals surface area contributed by atoms with E-state index >= 15 is 0 Å². The van der Waals surface area contributed by atoms with Crippen LogP contribution < -0.4 is 5.32 Å². The first-order chi connectivity index (χ1) is 10.2. The van der Waals surface area contributed by atoms with Crippen LogP contribution >= 0.6 is 27.5 Å². The van der Waals surface area contributed by atoms with Crippen LogP contribution in [-0.4, -0.2) is 19.1 Å². The van der Waals surface area contributed by atoms with Crippen molar-refractivity contribution in [2.45, 2.75) is 13.0 Å². The third-order valence-corrected chi connectivity index (χ3v) is 4.07. The first-order valence-corrected chi connectivity index (χ1v) is 7.68. The molecule has 0 fully saturated rings. The predicted molar refractivity (Wildman–Crippen MR) is 84.5 cm³/mol. The van der Waals surface area contributed by atoms with E-state index in [9.17, 15) is 4.79 Å². The average Bonchev–Trinajstić information content (AvgIpc) is 2.98. The van der Waals surface area contributed by atoms with E-state index in [1.165, 1.54) is 0 Å². The Morgan fingerprint density at radius 3 is 2.95 bits per heavy atom. The Balaban J connectivity index is 1.66. The number of benzene rings is 1. The maximum absolute atomic E-state index is 12.0. The normalized spacial score (nSPS) is 10.6. The highest BCUT2D eigenvalue weighted by molar-refractivity contribution is 9.10. The molecule has 6 heteroatoms. The van der Waals surface area contributed by atoms with Crippen LogP contribution in [0, 0.1) is 0 Å². The van der Waals surface area contributed by atoms with Gasteiger partial charge in [-0.3, -0.25) is 4.79 Å². The minimum Gasteiger partial charge on any atom is -0.467 e.